The van der Waals surface area contributed by atoms with Crippen molar-refractivity contribution in [2.24, 2.45) is 0 Å². The first-order valence-electron chi connectivity index (χ1n) is 5.37. The second-order valence-corrected chi connectivity index (χ2v) is 8.35. The molecule has 0 fully saturated rings. The van der Waals surface area contributed by atoms with Crippen molar-refractivity contribution < 1.29 is 17.4 Å². The van der Waals surface area contributed by atoms with Crippen LogP contribution in [-0.4, -0.2) is 36.6 Å². The summed E-state index contributed by atoms with van der Waals surface area (Å²) in [5.74, 6) is -0.351. The van der Waals surface area contributed by atoms with Crippen molar-refractivity contribution >= 4 is 36.4 Å². The van der Waals surface area contributed by atoms with E-state index in [4.69, 9.17) is 10.7 Å². The number of hydrogen-bond donors (Lipinski definition) is 1. The average Bonchev–Trinajstić information content (AvgIpc) is 2.34. The van der Waals surface area contributed by atoms with Gasteiger partial charge in [0.15, 0.2) is 0 Å². The van der Waals surface area contributed by atoms with Gasteiger partial charge in [0.05, 0.1) is 4.90 Å². The van der Waals surface area contributed by atoms with Crippen LogP contribution < -0.4 is 5.32 Å². The van der Waals surface area contributed by atoms with E-state index in [1.165, 1.54) is 24.3 Å². The Labute approximate surface area is 119 Å². The molecule has 0 aliphatic heterocycles. The third-order valence-electron chi connectivity index (χ3n) is 2.51. The molecule has 1 amide bonds. The van der Waals surface area contributed by atoms with Crippen LogP contribution in [0.25, 0.3) is 0 Å². The molecular weight excluding hydrogens is 310 g/mol. The highest BCUT2D eigenvalue weighted by molar-refractivity contribution is 8.13. The third-order valence-corrected chi connectivity index (χ3v) is 5.18. The van der Waals surface area contributed by atoms with Crippen LogP contribution in [0.4, 0.5) is 0 Å². The number of carbonyl (C=O) groups excluding carboxylic acids is 1. The van der Waals surface area contributed by atoms with Gasteiger partial charge in [-0.25, -0.2) is 8.42 Å². The zero-order valence-corrected chi connectivity index (χ0v) is 12.8. The second-order valence-electron chi connectivity index (χ2n) is 3.98. The Hall–Kier alpha value is -0.920. The van der Waals surface area contributed by atoms with Crippen molar-refractivity contribution in [3.8, 4) is 0 Å². The smallest absolute Gasteiger partial charge is 0.261 e. The van der Waals surface area contributed by atoms with E-state index in [-0.39, 0.29) is 22.6 Å². The monoisotopic (exact) mass is 323 g/mol. The lowest BCUT2D eigenvalue weighted by Crippen LogP contribution is -2.32. The third kappa shape index (κ3) is 4.93. The Morgan fingerprint density at radius 2 is 1.89 bits per heavy atom. The molecule has 8 heteroatoms. The highest BCUT2D eigenvalue weighted by Crippen LogP contribution is 2.15. The second kappa shape index (κ2) is 6.49. The number of hydrogen-bond acceptors (Lipinski definition) is 4. The van der Waals surface area contributed by atoms with Gasteiger partial charge in [-0.2, -0.15) is 0 Å². The van der Waals surface area contributed by atoms with Crippen molar-refractivity contribution in [2.45, 2.75) is 17.1 Å². The molecule has 0 radical (unpaired) electrons. The van der Waals surface area contributed by atoms with Gasteiger partial charge in [0.1, 0.15) is 0 Å². The van der Waals surface area contributed by atoms with E-state index >= 15 is 0 Å². The molecule has 0 heterocycles. The molecule has 1 aromatic carbocycles. The van der Waals surface area contributed by atoms with Gasteiger partial charge in [-0.05, 0) is 31.2 Å². The fourth-order valence-electron chi connectivity index (χ4n) is 1.22. The van der Waals surface area contributed by atoms with Crippen LogP contribution >= 0.6 is 10.7 Å². The first-order valence-corrected chi connectivity index (χ1v) is 9.30. The summed E-state index contributed by atoms with van der Waals surface area (Å²) in [7, 11) is 0.374. The predicted octanol–water partition coefficient (Wildman–Crippen LogP) is 1.11. The minimum atomic E-state index is -3.78. The molecule has 0 aliphatic carbocycles. The molecule has 0 aromatic heterocycles. The topological polar surface area (TPSA) is 80.3 Å². The molecule has 2 unspecified atom stereocenters. The first-order chi connectivity index (χ1) is 8.71. The van der Waals surface area contributed by atoms with Gasteiger partial charge in [0.25, 0.3) is 15.0 Å². The van der Waals surface area contributed by atoms with Gasteiger partial charge in [-0.3, -0.25) is 9.00 Å². The van der Waals surface area contributed by atoms with Crippen molar-refractivity contribution in [3.05, 3.63) is 29.8 Å². The highest BCUT2D eigenvalue weighted by atomic mass is 35.7. The molecule has 0 bridgehead atoms. The molecule has 1 rings (SSSR count). The predicted molar refractivity (Wildman–Crippen MR) is 75.3 cm³/mol. The molecule has 0 spiro atoms. The van der Waals surface area contributed by atoms with Crippen LogP contribution in [0.15, 0.2) is 29.2 Å². The van der Waals surface area contributed by atoms with E-state index < -0.39 is 19.9 Å². The van der Waals surface area contributed by atoms with E-state index in [0.717, 1.165) is 0 Å². The van der Waals surface area contributed by atoms with E-state index in [2.05, 4.69) is 5.32 Å². The summed E-state index contributed by atoms with van der Waals surface area (Å²) >= 11 is 0. The van der Waals surface area contributed by atoms with Crippen LogP contribution in [-0.2, 0) is 19.9 Å². The molecule has 1 N–H and O–H groups in total. The first kappa shape index (κ1) is 16.1. The molecule has 106 valence electrons. The Morgan fingerprint density at radius 3 is 2.32 bits per heavy atom. The number of benzene rings is 1. The van der Waals surface area contributed by atoms with Crippen LogP contribution in [0.5, 0.6) is 0 Å². The Balaban J connectivity index is 2.71. The fraction of sp³-hybridized carbons (Fsp3) is 0.364. The van der Waals surface area contributed by atoms with Crippen LogP contribution in [0.2, 0.25) is 0 Å². The Bertz CT molecular complexity index is 583. The van der Waals surface area contributed by atoms with Crippen molar-refractivity contribution in [1.82, 2.24) is 5.32 Å². The van der Waals surface area contributed by atoms with Crippen LogP contribution in [0, 0.1) is 0 Å². The molecule has 0 saturated carbocycles. The van der Waals surface area contributed by atoms with Crippen molar-refractivity contribution in [1.29, 1.82) is 0 Å². The lowest BCUT2D eigenvalue weighted by atomic mass is 10.2. The lowest BCUT2D eigenvalue weighted by molar-refractivity contribution is 0.0954. The highest BCUT2D eigenvalue weighted by Gasteiger charge is 2.13. The molecule has 2 atom stereocenters. The molecular formula is C11H14ClNO4S2. The lowest BCUT2D eigenvalue weighted by Gasteiger charge is -2.10. The summed E-state index contributed by atoms with van der Waals surface area (Å²) < 4.78 is 33.2. The summed E-state index contributed by atoms with van der Waals surface area (Å²) in [6, 6.07) is 5.27. The quantitative estimate of drug-likeness (QED) is 0.823. The minimum Gasteiger partial charge on any atom is -0.351 e. The Kier molecular flexibility index (Phi) is 5.51. The standard InChI is InChI=1S/C11H14ClNO4S2/c1-8(18(2)15)7-13-11(14)9-3-5-10(6-4-9)19(12,16)17/h3-6,8H,7H2,1-2H3,(H,13,14). The molecule has 19 heavy (non-hydrogen) atoms. The summed E-state index contributed by atoms with van der Waals surface area (Å²) in [5.41, 5.74) is 0.318. The van der Waals surface area contributed by atoms with E-state index in [1.54, 1.807) is 13.2 Å². The van der Waals surface area contributed by atoms with Gasteiger partial charge in [0.2, 0.25) is 0 Å². The van der Waals surface area contributed by atoms with Gasteiger partial charge in [-0.1, -0.05) is 0 Å². The SMILES string of the molecule is CC(CNC(=O)c1ccc(S(=O)(=O)Cl)cc1)S(C)=O. The van der Waals surface area contributed by atoms with Crippen LogP contribution in [0.1, 0.15) is 17.3 Å². The van der Waals surface area contributed by atoms with Gasteiger partial charge >= 0.3 is 0 Å². The maximum atomic E-state index is 11.7. The van der Waals surface area contributed by atoms with E-state index in [1.807, 2.05) is 0 Å². The maximum absolute atomic E-state index is 11.7. The zero-order chi connectivity index (χ0) is 14.6. The van der Waals surface area contributed by atoms with Crippen molar-refractivity contribution in [2.75, 3.05) is 12.8 Å². The summed E-state index contributed by atoms with van der Waals surface area (Å²) in [4.78, 5) is 11.7. The van der Waals surface area contributed by atoms with Crippen molar-refractivity contribution in [3.63, 3.8) is 0 Å². The molecule has 5 nitrogen and oxygen atoms in total. The van der Waals surface area contributed by atoms with Gasteiger partial charge in [-0.15, -0.1) is 0 Å². The number of nitrogens with one attached hydrogen (secondary N) is 1. The summed E-state index contributed by atoms with van der Waals surface area (Å²) in [5, 5.41) is 2.48. The number of amides is 1. The zero-order valence-electron chi connectivity index (χ0n) is 10.4. The molecule has 0 saturated heterocycles. The number of halogens is 1. The van der Waals surface area contributed by atoms with E-state index in [0.29, 0.717) is 5.56 Å². The average molecular weight is 324 g/mol. The summed E-state index contributed by atoms with van der Waals surface area (Å²) in [6.45, 7) is 2.05. The summed E-state index contributed by atoms with van der Waals surface area (Å²) in [6.07, 6.45) is 1.57. The van der Waals surface area contributed by atoms with Crippen LogP contribution in [0.3, 0.4) is 0 Å². The maximum Gasteiger partial charge on any atom is 0.261 e. The fourth-order valence-corrected chi connectivity index (χ4v) is 2.31. The number of rotatable bonds is 5. The minimum absolute atomic E-state index is 0.0613. The molecule has 1 aromatic rings. The number of carbonyl (C=O) groups is 1. The van der Waals surface area contributed by atoms with Gasteiger partial charge < -0.3 is 5.32 Å². The van der Waals surface area contributed by atoms with E-state index in [9.17, 15) is 17.4 Å². The van der Waals surface area contributed by atoms with Gasteiger partial charge in [0, 0.05) is 45.1 Å². The Morgan fingerprint density at radius 1 is 1.37 bits per heavy atom. The largest absolute Gasteiger partial charge is 0.351 e. The molecule has 0 aliphatic rings. The normalized spacial score (nSPS) is 14.7.